The normalized spacial score (nSPS) is 10.2. The van der Waals surface area contributed by atoms with E-state index < -0.39 is 18.5 Å². The predicted octanol–water partition coefficient (Wildman–Crippen LogP) is 0.981. The highest BCUT2D eigenvalue weighted by Crippen LogP contribution is 2.13. The van der Waals surface area contributed by atoms with Gasteiger partial charge in [0.2, 0.25) is 0 Å². The van der Waals surface area contributed by atoms with Crippen molar-refractivity contribution in [3.05, 3.63) is 42.1 Å². The van der Waals surface area contributed by atoms with Crippen LogP contribution in [0.3, 0.4) is 0 Å². The predicted molar refractivity (Wildman–Crippen MR) is 62.8 cm³/mol. The third kappa shape index (κ3) is 2.80. The van der Waals surface area contributed by atoms with Crippen LogP contribution in [0, 0.1) is 0 Å². The van der Waals surface area contributed by atoms with E-state index in [0.29, 0.717) is 5.56 Å². The molecule has 0 aliphatic carbocycles. The lowest BCUT2D eigenvalue weighted by molar-refractivity contribution is -0.144. The van der Waals surface area contributed by atoms with Crippen molar-refractivity contribution in [3.8, 4) is 0 Å². The molecule has 0 aliphatic rings. The number of carbonyl (C=O) groups is 2. The molecule has 0 fully saturated rings. The number of rotatable bonds is 4. The average molecular weight is 246 g/mol. The van der Waals surface area contributed by atoms with Crippen LogP contribution in [0.1, 0.15) is 10.4 Å². The van der Waals surface area contributed by atoms with Crippen LogP contribution in [0.25, 0.3) is 10.9 Å². The van der Waals surface area contributed by atoms with Crippen LogP contribution >= 0.6 is 0 Å². The van der Waals surface area contributed by atoms with Gasteiger partial charge in [0, 0.05) is 17.1 Å². The Morgan fingerprint density at radius 3 is 2.94 bits per heavy atom. The lowest BCUT2D eigenvalue weighted by atomic mass is 10.1. The zero-order valence-corrected chi connectivity index (χ0v) is 9.29. The van der Waals surface area contributed by atoms with Crippen LogP contribution in [-0.2, 0) is 9.63 Å². The Kier molecular flexibility index (Phi) is 3.49. The number of carboxylic acids is 1. The first-order chi connectivity index (χ1) is 8.66. The fourth-order valence-corrected chi connectivity index (χ4v) is 1.44. The molecule has 0 radical (unpaired) electrons. The average Bonchev–Trinajstić information content (AvgIpc) is 2.37. The molecule has 2 rings (SSSR count). The summed E-state index contributed by atoms with van der Waals surface area (Å²) in [5, 5.41) is 9.18. The third-order valence-corrected chi connectivity index (χ3v) is 2.23. The maximum absolute atomic E-state index is 11.6. The summed E-state index contributed by atoms with van der Waals surface area (Å²) in [4.78, 5) is 30.5. The van der Waals surface area contributed by atoms with Crippen molar-refractivity contribution < 1.29 is 19.5 Å². The van der Waals surface area contributed by atoms with Crippen molar-refractivity contribution in [3.63, 3.8) is 0 Å². The molecule has 0 aliphatic heterocycles. The maximum atomic E-state index is 11.6. The van der Waals surface area contributed by atoms with E-state index >= 15 is 0 Å². The monoisotopic (exact) mass is 246 g/mol. The van der Waals surface area contributed by atoms with Crippen molar-refractivity contribution in [2.45, 2.75) is 0 Å². The van der Waals surface area contributed by atoms with Crippen molar-refractivity contribution in [2.24, 2.45) is 0 Å². The summed E-state index contributed by atoms with van der Waals surface area (Å²) in [6.45, 7) is -0.582. The summed E-state index contributed by atoms with van der Waals surface area (Å²) >= 11 is 0. The molecule has 6 heteroatoms. The maximum Gasteiger partial charge on any atom is 0.332 e. The van der Waals surface area contributed by atoms with Gasteiger partial charge in [0.1, 0.15) is 0 Å². The van der Waals surface area contributed by atoms with E-state index in [1.54, 1.807) is 30.5 Å². The summed E-state index contributed by atoms with van der Waals surface area (Å²) in [6.07, 6.45) is 1.66. The minimum Gasteiger partial charge on any atom is -0.479 e. The fraction of sp³-hybridized carbons (Fsp3) is 0.0833. The van der Waals surface area contributed by atoms with Crippen molar-refractivity contribution in [1.82, 2.24) is 10.5 Å². The van der Waals surface area contributed by atoms with Crippen LogP contribution in [0.4, 0.5) is 0 Å². The Hall–Kier alpha value is -2.47. The number of amides is 1. The van der Waals surface area contributed by atoms with E-state index in [4.69, 9.17) is 5.11 Å². The first-order valence-corrected chi connectivity index (χ1v) is 5.15. The van der Waals surface area contributed by atoms with Gasteiger partial charge >= 0.3 is 5.97 Å². The molecule has 1 aromatic heterocycles. The Bertz CT molecular complexity index is 597. The van der Waals surface area contributed by atoms with Crippen LogP contribution in [0.5, 0.6) is 0 Å². The van der Waals surface area contributed by atoms with Gasteiger partial charge in [-0.1, -0.05) is 6.07 Å². The van der Waals surface area contributed by atoms with Gasteiger partial charge < -0.3 is 5.11 Å². The van der Waals surface area contributed by atoms with Crippen LogP contribution < -0.4 is 5.48 Å². The Morgan fingerprint density at radius 2 is 2.17 bits per heavy atom. The summed E-state index contributed by atoms with van der Waals surface area (Å²) in [6, 6.07) is 8.56. The molecule has 0 spiro atoms. The van der Waals surface area contributed by atoms with Gasteiger partial charge in [-0.15, -0.1) is 0 Å². The lowest BCUT2D eigenvalue weighted by Gasteiger charge is -2.04. The summed E-state index contributed by atoms with van der Waals surface area (Å²) in [5.41, 5.74) is 3.21. The molecule has 0 bridgehead atoms. The number of nitrogens with one attached hydrogen (secondary N) is 1. The molecular weight excluding hydrogens is 236 g/mol. The summed E-state index contributed by atoms with van der Waals surface area (Å²) < 4.78 is 0. The van der Waals surface area contributed by atoms with Gasteiger partial charge in [-0.05, 0) is 24.3 Å². The molecule has 18 heavy (non-hydrogen) atoms. The number of hydrogen-bond donors (Lipinski definition) is 2. The van der Waals surface area contributed by atoms with E-state index in [1.165, 1.54) is 0 Å². The van der Waals surface area contributed by atoms with Gasteiger partial charge in [0.25, 0.3) is 5.91 Å². The minimum atomic E-state index is -1.15. The van der Waals surface area contributed by atoms with E-state index in [9.17, 15) is 9.59 Å². The van der Waals surface area contributed by atoms with E-state index in [1.807, 2.05) is 6.07 Å². The highest BCUT2D eigenvalue weighted by atomic mass is 16.7. The lowest BCUT2D eigenvalue weighted by Crippen LogP contribution is -2.26. The minimum absolute atomic E-state index is 0.376. The molecule has 1 aromatic carbocycles. The number of hydroxylamine groups is 1. The number of aromatic nitrogens is 1. The molecule has 0 saturated heterocycles. The highest BCUT2D eigenvalue weighted by Gasteiger charge is 2.07. The van der Waals surface area contributed by atoms with Crippen LogP contribution in [0.2, 0.25) is 0 Å². The quantitative estimate of drug-likeness (QED) is 0.785. The van der Waals surface area contributed by atoms with Gasteiger partial charge in [0.05, 0.1) is 5.52 Å². The molecule has 0 saturated carbocycles. The first kappa shape index (κ1) is 12.0. The van der Waals surface area contributed by atoms with E-state index in [-0.39, 0.29) is 0 Å². The molecule has 1 amide bonds. The van der Waals surface area contributed by atoms with E-state index in [0.717, 1.165) is 10.9 Å². The number of pyridine rings is 1. The topological polar surface area (TPSA) is 88.5 Å². The summed E-state index contributed by atoms with van der Waals surface area (Å²) in [7, 11) is 0. The van der Waals surface area contributed by atoms with Crippen molar-refractivity contribution in [2.75, 3.05) is 6.61 Å². The molecule has 2 N–H and O–H groups in total. The smallest absolute Gasteiger partial charge is 0.332 e. The van der Waals surface area contributed by atoms with Crippen LogP contribution in [-0.4, -0.2) is 28.6 Å². The largest absolute Gasteiger partial charge is 0.479 e. The first-order valence-electron chi connectivity index (χ1n) is 5.15. The molecule has 92 valence electrons. The zero-order chi connectivity index (χ0) is 13.0. The Morgan fingerprint density at radius 1 is 1.33 bits per heavy atom. The second kappa shape index (κ2) is 5.24. The van der Waals surface area contributed by atoms with Gasteiger partial charge in [-0.25, -0.2) is 10.3 Å². The molecule has 2 aromatic rings. The van der Waals surface area contributed by atoms with E-state index in [2.05, 4.69) is 15.3 Å². The number of nitrogens with zero attached hydrogens (tertiary/aromatic N) is 1. The molecule has 1 heterocycles. The Balaban J connectivity index is 2.10. The number of aliphatic carboxylic acids is 1. The number of fused-ring (bicyclic) bond motifs is 1. The molecule has 6 nitrogen and oxygen atoms in total. The van der Waals surface area contributed by atoms with Crippen molar-refractivity contribution in [1.29, 1.82) is 0 Å². The SMILES string of the molecule is O=C(O)CONC(=O)c1ccc2ncccc2c1. The van der Waals surface area contributed by atoms with Crippen molar-refractivity contribution >= 4 is 22.8 Å². The Labute approximate surface area is 102 Å². The number of benzene rings is 1. The second-order valence-corrected chi connectivity index (χ2v) is 3.52. The highest BCUT2D eigenvalue weighted by molar-refractivity contribution is 5.97. The van der Waals surface area contributed by atoms with Gasteiger partial charge in [0.15, 0.2) is 6.61 Å². The standard InChI is InChI=1S/C12H10N2O4/c15-11(16)7-18-14-12(17)9-3-4-10-8(6-9)2-1-5-13-10/h1-6H,7H2,(H,14,17)(H,15,16). The fourth-order valence-electron chi connectivity index (χ4n) is 1.44. The van der Waals surface area contributed by atoms with Gasteiger partial charge in [-0.3, -0.25) is 14.6 Å². The van der Waals surface area contributed by atoms with Crippen LogP contribution in [0.15, 0.2) is 36.5 Å². The number of carboxylic acid groups (broad SMARTS) is 1. The summed E-state index contributed by atoms with van der Waals surface area (Å²) in [5.74, 6) is -1.65. The zero-order valence-electron chi connectivity index (χ0n) is 9.29. The second-order valence-electron chi connectivity index (χ2n) is 3.52. The van der Waals surface area contributed by atoms with Gasteiger partial charge in [-0.2, -0.15) is 0 Å². The molecule has 0 unspecified atom stereocenters. The number of hydrogen-bond acceptors (Lipinski definition) is 4. The molecule has 0 atom stereocenters. The third-order valence-electron chi connectivity index (χ3n) is 2.23. The molecular formula is C12H10N2O4. The number of carbonyl (C=O) groups excluding carboxylic acids is 1.